The minimum Gasteiger partial charge on any atom is -0.298 e. The molecule has 0 aliphatic rings. The van der Waals surface area contributed by atoms with Crippen LogP contribution in [-0.4, -0.2) is 4.98 Å². The van der Waals surface area contributed by atoms with Crippen molar-refractivity contribution in [3.8, 4) is 0 Å². The number of nitrogens with zero attached hydrogens (tertiary/aromatic N) is 1. The summed E-state index contributed by atoms with van der Waals surface area (Å²) in [5.74, 6) is 4.83. The third-order valence-electron chi connectivity index (χ3n) is 1.05. The lowest BCUT2D eigenvalue weighted by Gasteiger charge is -1.98. The van der Waals surface area contributed by atoms with Crippen molar-refractivity contribution < 1.29 is 4.84 Å². The highest BCUT2D eigenvalue weighted by Gasteiger charge is 1.97. The zero-order chi connectivity index (χ0) is 7.40. The van der Waals surface area contributed by atoms with E-state index in [9.17, 15) is 0 Å². The average molecular weight is 159 g/mol. The molecule has 0 amide bonds. The highest BCUT2D eigenvalue weighted by molar-refractivity contribution is 6.31. The molecule has 0 aliphatic heterocycles. The summed E-state index contributed by atoms with van der Waals surface area (Å²) in [7, 11) is 0. The average Bonchev–Trinajstić information content (AvgIpc) is 1.94. The van der Waals surface area contributed by atoms with Gasteiger partial charge in [0.05, 0.1) is 10.7 Å². The van der Waals surface area contributed by atoms with Gasteiger partial charge in [0, 0.05) is 6.20 Å². The summed E-state index contributed by atoms with van der Waals surface area (Å²) in [6, 6.07) is 3.49. The monoisotopic (exact) mass is 158 g/mol. The number of aromatic nitrogens is 1. The van der Waals surface area contributed by atoms with Crippen molar-refractivity contribution in [2.75, 3.05) is 0 Å². The third kappa shape index (κ3) is 1.67. The highest BCUT2D eigenvalue weighted by Crippen LogP contribution is 2.11. The van der Waals surface area contributed by atoms with Crippen LogP contribution in [0.2, 0.25) is 5.02 Å². The van der Waals surface area contributed by atoms with E-state index in [2.05, 4.69) is 9.82 Å². The smallest absolute Gasteiger partial charge is 0.111 e. The lowest BCUT2D eigenvalue weighted by molar-refractivity contribution is 0.121. The molecule has 0 saturated heterocycles. The first kappa shape index (κ1) is 7.47. The Morgan fingerprint density at radius 1 is 1.70 bits per heavy atom. The normalized spacial score (nSPS) is 9.80. The molecular formula is C6H7ClN2O. The first-order valence-electron chi connectivity index (χ1n) is 2.75. The van der Waals surface area contributed by atoms with Crippen LogP contribution in [0.3, 0.4) is 0 Å². The van der Waals surface area contributed by atoms with Crippen molar-refractivity contribution in [2.45, 2.75) is 6.61 Å². The summed E-state index contributed by atoms with van der Waals surface area (Å²) in [6.45, 7) is 0.250. The second kappa shape index (κ2) is 3.51. The Kier molecular flexibility index (Phi) is 2.62. The van der Waals surface area contributed by atoms with Crippen molar-refractivity contribution in [1.29, 1.82) is 0 Å². The first-order valence-corrected chi connectivity index (χ1v) is 3.13. The molecule has 0 bridgehead atoms. The fourth-order valence-corrected chi connectivity index (χ4v) is 0.780. The zero-order valence-electron chi connectivity index (χ0n) is 5.25. The third-order valence-corrected chi connectivity index (χ3v) is 1.40. The molecule has 0 radical (unpaired) electrons. The van der Waals surface area contributed by atoms with Gasteiger partial charge in [0.15, 0.2) is 0 Å². The summed E-state index contributed by atoms with van der Waals surface area (Å²) in [5, 5.41) is 0.577. The van der Waals surface area contributed by atoms with Crippen LogP contribution in [0.5, 0.6) is 0 Å². The van der Waals surface area contributed by atoms with Crippen molar-refractivity contribution in [2.24, 2.45) is 5.90 Å². The van der Waals surface area contributed by atoms with Crippen LogP contribution in [0.4, 0.5) is 0 Å². The van der Waals surface area contributed by atoms with Gasteiger partial charge in [-0.1, -0.05) is 11.6 Å². The molecule has 0 aromatic carbocycles. The van der Waals surface area contributed by atoms with Crippen LogP contribution >= 0.6 is 11.6 Å². The summed E-state index contributed by atoms with van der Waals surface area (Å²) >= 11 is 5.70. The quantitative estimate of drug-likeness (QED) is 0.657. The van der Waals surface area contributed by atoms with E-state index in [-0.39, 0.29) is 6.61 Å². The molecule has 0 fully saturated rings. The van der Waals surface area contributed by atoms with E-state index in [1.54, 1.807) is 18.3 Å². The fraction of sp³-hybridized carbons (Fsp3) is 0.167. The van der Waals surface area contributed by atoms with Crippen LogP contribution in [0.15, 0.2) is 18.3 Å². The highest BCUT2D eigenvalue weighted by atomic mass is 35.5. The van der Waals surface area contributed by atoms with E-state index in [0.29, 0.717) is 10.7 Å². The molecule has 3 nitrogen and oxygen atoms in total. The molecule has 4 heteroatoms. The summed E-state index contributed by atoms with van der Waals surface area (Å²) in [5.41, 5.74) is 0.659. The summed E-state index contributed by atoms with van der Waals surface area (Å²) in [6.07, 6.45) is 1.64. The Bertz CT molecular complexity index is 217. The molecule has 0 saturated carbocycles. The Labute approximate surface area is 63.7 Å². The molecule has 1 aromatic rings. The van der Waals surface area contributed by atoms with Gasteiger partial charge in [-0.15, -0.1) is 0 Å². The fourth-order valence-electron chi connectivity index (χ4n) is 0.604. The number of rotatable bonds is 2. The summed E-state index contributed by atoms with van der Waals surface area (Å²) in [4.78, 5) is 8.29. The molecule has 54 valence electrons. The Hall–Kier alpha value is -0.640. The molecule has 1 heterocycles. The van der Waals surface area contributed by atoms with Crippen LogP contribution in [0.25, 0.3) is 0 Å². The zero-order valence-corrected chi connectivity index (χ0v) is 6.01. The Balaban J connectivity index is 2.81. The van der Waals surface area contributed by atoms with E-state index in [1.807, 2.05) is 0 Å². The maximum Gasteiger partial charge on any atom is 0.111 e. The molecule has 0 spiro atoms. The Morgan fingerprint density at radius 2 is 2.50 bits per heavy atom. The largest absolute Gasteiger partial charge is 0.298 e. The topological polar surface area (TPSA) is 48.1 Å². The second-order valence-electron chi connectivity index (χ2n) is 1.74. The van der Waals surface area contributed by atoms with Gasteiger partial charge >= 0.3 is 0 Å². The SMILES string of the molecule is NOCc1ncccc1Cl. The van der Waals surface area contributed by atoms with Gasteiger partial charge in [-0.2, -0.15) is 0 Å². The molecule has 2 N–H and O–H groups in total. The van der Waals surface area contributed by atoms with Crippen molar-refractivity contribution in [3.05, 3.63) is 29.0 Å². The van der Waals surface area contributed by atoms with Gasteiger partial charge in [0.25, 0.3) is 0 Å². The standard InChI is InChI=1S/C6H7ClN2O/c7-5-2-1-3-9-6(5)4-10-8/h1-3H,4,8H2. The van der Waals surface area contributed by atoms with E-state index in [4.69, 9.17) is 17.5 Å². The second-order valence-corrected chi connectivity index (χ2v) is 2.15. The lowest BCUT2D eigenvalue weighted by atomic mass is 10.4. The van der Waals surface area contributed by atoms with Gasteiger partial charge in [0.2, 0.25) is 0 Å². The van der Waals surface area contributed by atoms with Crippen molar-refractivity contribution in [1.82, 2.24) is 4.98 Å². The molecule has 1 rings (SSSR count). The predicted molar refractivity (Wildman–Crippen MR) is 38.2 cm³/mol. The van der Waals surface area contributed by atoms with Gasteiger partial charge in [0.1, 0.15) is 6.61 Å². The molecule has 10 heavy (non-hydrogen) atoms. The number of pyridine rings is 1. The van der Waals surface area contributed by atoms with E-state index in [0.717, 1.165) is 0 Å². The maximum atomic E-state index is 5.70. The number of nitrogens with two attached hydrogens (primary N) is 1. The minimum absolute atomic E-state index is 0.250. The molecular weight excluding hydrogens is 152 g/mol. The molecule has 0 atom stereocenters. The minimum atomic E-state index is 0.250. The number of hydrogen-bond acceptors (Lipinski definition) is 3. The van der Waals surface area contributed by atoms with Crippen LogP contribution in [-0.2, 0) is 11.4 Å². The predicted octanol–water partition coefficient (Wildman–Crippen LogP) is 1.13. The Morgan fingerprint density at radius 3 is 3.10 bits per heavy atom. The first-order chi connectivity index (χ1) is 4.84. The van der Waals surface area contributed by atoms with Gasteiger partial charge in [-0.25, -0.2) is 5.90 Å². The number of hydrogen-bond donors (Lipinski definition) is 1. The van der Waals surface area contributed by atoms with Crippen LogP contribution in [0, 0.1) is 0 Å². The van der Waals surface area contributed by atoms with Gasteiger partial charge < -0.3 is 0 Å². The van der Waals surface area contributed by atoms with E-state index < -0.39 is 0 Å². The summed E-state index contributed by atoms with van der Waals surface area (Å²) < 4.78 is 0. The van der Waals surface area contributed by atoms with E-state index >= 15 is 0 Å². The van der Waals surface area contributed by atoms with Crippen LogP contribution < -0.4 is 5.90 Å². The van der Waals surface area contributed by atoms with Crippen LogP contribution in [0.1, 0.15) is 5.69 Å². The van der Waals surface area contributed by atoms with Crippen molar-refractivity contribution >= 4 is 11.6 Å². The molecule has 0 unspecified atom stereocenters. The number of halogens is 1. The van der Waals surface area contributed by atoms with Gasteiger partial charge in [-0.05, 0) is 12.1 Å². The molecule has 1 aromatic heterocycles. The van der Waals surface area contributed by atoms with E-state index in [1.165, 1.54) is 0 Å². The van der Waals surface area contributed by atoms with Crippen molar-refractivity contribution in [3.63, 3.8) is 0 Å². The maximum absolute atomic E-state index is 5.70. The molecule has 0 aliphatic carbocycles. The lowest BCUT2D eigenvalue weighted by Crippen LogP contribution is -2.00. The van der Waals surface area contributed by atoms with Gasteiger partial charge in [-0.3, -0.25) is 9.82 Å².